The number of rotatable bonds is 9. The molecule has 0 saturated heterocycles. The molecule has 224 valence electrons. The van der Waals surface area contributed by atoms with Crippen molar-refractivity contribution in [2.45, 2.75) is 0 Å². The van der Waals surface area contributed by atoms with Crippen molar-refractivity contribution in [3.63, 3.8) is 0 Å². The molecule has 6 rings (SSSR count). The van der Waals surface area contributed by atoms with E-state index in [2.05, 4.69) is 72.8 Å². The van der Waals surface area contributed by atoms with E-state index < -0.39 is 7.92 Å². The van der Waals surface area contributed by atoms with Crippen molar-refractivity contribution in [2.75, 3.05) is 0 Å². The highest BCUT2D eigenvalue weighted by molar-refractivity contribution is 7.79. The van der Waals surface area contributed by atoms with Crippen LogP contribution < -0.4 is 15.9 Å². The summed E-state index contributed by atoms with van der Waals surface area (Å²) in [5, 5.41) is 3.66. The summed E-state index contributed by atoms with van der Waals surface area (Å²) in [6.45, 7) is 0. The molecule has 0 aliphatic heterocycles. The SMILES string of the molecule is Fc1ccc(C=Cc2ccc(P(c3ccc(C=Cc4ccc(F)cc4)cc3)c3ccc(C=Cc4ccc(F)cc4)cc3)cc2)cc1. The van der Waals surface area contributed by atoms with Gasteiger partial charge in [0.25, 0.3) is 0 Å². The Balaban J connectivity index is 1.27. The Morgan fingerprint density at radius 1 is 0.261 bits per heavy atom. The molecule has 6 aromatic rings. The Kier molecular flexibility index (Phi) is 9.83. The molecule has 0 heterocycles. The second kappa shape index (κ2) is 14.7. The largest absolute Gasteiger partial charge is 0.207 e. The molecule has 0 amide bonds. The van der Waals surface area contributed by atoms with Gasteiger partial charge in [0.15, 0.2) is 0 Å². The number of halogens is 3. The molecular formula is C42H30F3P. The molecule has 0 aliphatic carbocycles. The van der Waals surface area contributed by atoms with E-state index in [1.165, 1.54) is 52.3 Å². The first-order valence-corrected chi connectivity index (χ1v) is 16.2. The van der Waals surface area contributed by atoms with E-state index in [0.717, 1.165) is 33.4 Å². The zero-order valence-electron chi connectivity index (χ0n) is 24.9. The molecule has 0 radical (unpaired) electrons. The third kappa shape index (κ3) is 8.27. The van der Waals surface area contributed by atoms with E-state index >= 15 is 0 Å². The summed E-state index contributed by atoms with van der Waals surface area (Å²) in [5.41, 5.74) is 6.00. The van der Waals surface area contributed by atoms with Gasteiger partial charge in [0.05, 0.1) is 0 Å². The van der Waals surface area contributed by atoms with Gasteiger partial charge in [0.2, 0.25) is 0 Å². The lowest BCUT2D eigenvalue weighted by molar-refractivity contribution is 0.627. The minimum Gasteiger partial charge on any atom is -0.207 e. The molecule has 4 heteroatoms. The average Bonchev–Trinajstić information content (AvgIpc) is 3.09. The van der Waals surface area contributed by atoms with Gasteiger partial charge in [-0.25, -0.2) is 13.2 Å². The third-order valence-corrected chi connectivity index (χ3v) is 9.91. The molecule has 0 unspecified atom stereocenters. The van der Waals surface area contributed by atoms with Gasteiger partial charge in [-0.1, -0.05) is 146 Å². The number of benzene rings is 6. The van der Waals surface area contributed by atoms with Crippen molar-refractivity contribution in [3.05, 3.63) is 196 Å². The van der Waals surface area contributed by atoms with Crippen LogP contribution in [0, 0.1) is 17.5 Å². The summed E-state index contributed by atoms with van der Waals surface area (Å²) in [6.07, 6.45) is 12.0. The van der Waals surface area contributed by atoms with Crippen LogP contribution in [0.4, 0.5) is 13.2 Å². The second-order valence-electron chi connectivity index (χ2n) is 10.8. The van der Waals surface area contributed by atoms with Crippen molar-refractivity contribution in [1.29, 1.82) is 0 Å². The Bertz CT molecular complexity index is 1720. The molecule has 0 nitrogen and oxygen atoms in total. The Morgan fingerprint density at radius 3 is 0.630 bits per heavy atom. The van der Waals surface area contributed by atoms with Crippen LogP contribution in [0.5, 0.6) is 0 Å². The summed E-state index contributed by atoms with van der Waals surface area (Å²) in [7, 11) is -0.851. The van der Waals surface area contributed by atoms with Crippen molar-refractivity contribution >= 4 is 60.3 Å². The third-order valence-electron chi connectivity index (χ3n) is 7.47. The highest BCUT2D eigenvalue weighted by Gasteiger charge is 2.16. The lowest BCUT2D eigenvalue weighted by atomic mass is 10.1. The Morgan fingerprint density at radius 2 is 0.435 bits per heavy atom. The predicted octanol–water partition coefficient (Wildman–Crippen LogP) is 10.4. The first-order chi connectivity index (χ1) is 22.5. The molecule has 0 saturated carbocycles. The van der Waals surface area contributed by atoms with E-state index in [9.17, 15) is 13.2 Å². The van der Waals surface area contributed by atoms with E-state index in [1.807, 2.05) is 36.5 Å². The lowest BCUT2D eigenvalue weighted by Crippen LogP contribution is -2.20. The van der Waals surface area contributed by atoms with Gasteiger partial charge in [0.1, 0.15) is 17.5 Å². The first kappa shape index (κ1) is 30.8. The summed E-state index contributed by atoms with van der Waals surface area (Å²) in [5.74, 6) is -0.740. The van der Waals surface area contributed by atoms with Crippen molar-refractivity contribution in [2.24, 2.45) is 0 Å². The van der Waals surface area contributed by atoms with E-state index in [4.69, 9.17) is 0 Å². The van der Waals surface area contributed by atoms with E-state index in [-0.39, 0.29) is 17.5 Å². The maximum absolute atomic E-state index is 13.3. The number of hydrogen-bond acceptors (Lipinski definition) is 0. The molecule has 6 aromatic carbocycles. The molecule has 0 atom stereocenters. The molecule has 0 aromatic heterocycles. The minimum atomic E-state index is -0.851. The fourth-order valence-corrected chi connectivity index (χ4v) is 7.19. The minimum absolute atomic E-state index is 0.247. The van der Waals surface area contributed by atoms with Crippen molar-refractivity contribution < 1.29 is 13.2 Å². The van der Waals surface area contributed by atoms with Crippen LogP contribution in [0.3, 0.4) is 0 Å². The zero-order chi connectivity index (χ0) is 31.7. The average molecular weight is 623 g/mol. The molecule has 46 heavy (non-hydrogen) atoms. The van der Waals surface area contributed by atoms with Crippen LogP contribution >= 0.6 is 7.92 Å². The van der Waals surface area contributed by atoms with Crippen molar-refractivity contribution in [1.82, 2.24) is 0 Å². The maximum Gasteiger partial charge on any atom is 0.123 e. The van der Waals surface area contributed by atoms with Gasteiger partial charge < -0.3 is 0 Å². The van der Waals surface area contributed by atoms with Crippen molar-refractivity contribution in [3.8, 4) is 0 Å². The van der Waals surface area contributed by atoms with Gasteiger partial charge >= 0.3 is 0 Å². The topological polar surface area (TPSA) is 0 Å². The van der Waals surface area contributed by atoms with Crippen LogP contribution in [0.15, 0.2) is 146 Å². The zero-order valence-corrected chi connectivity index (χ0v) is 25.8. The number of hydrogen-bond donors (Lipinski definition) is 0. The summed E-state index contributed by atoms with van der Waals surface area (Å²) < 4.78 is 39.9. The Hall–Kier alpha value is -5.24. The van der Waals surface area contributed by atoms with Crippen LogP contribution in [-0.4, -0.2) is 0 Å². The van der Waals surface area contributed by atoms with Crippen LogP contribution in [0.1, 0.15) is 33.4 Å². The summed E-state index contributed by atoms with van der Waals surface area (Å²) in [6, 6.07) is 45.1. The molecule has 0 fully saturated rings. The van der Waals surface area contributed by atoms with E-state index in [0.29, 0.717) is 0 Å². The van der Waals surface area contributed by atoms with E-state index in [1.54, 1.807) is 36.4 Å². The monoisotopic (exact) mass is 622 g/mol. The Labute approximate surface area is 269 Å². The predicted molar refractivity (Wildman–Crippen MR) is 191 cm³/mol. The standard InChI is InChI=1S/C42H30F3P/c43-37-19-7-31(8-20-37)1-4-34-13-25-40(26-14-34)46(41-27-15-35(16-28-41)5-2-32-9-21-38(44)22-10-32)42-29-17-36(18-30-42)6-3-33-11-23-39(45)24-12-33/h1-30H. The second-order valence-corrected chi connectivity index (χ2v) is 13.0. The molecule has 0 N–H and O–H groups in total. The maximum atomic E-state index is 13.3. The van der Waals surface area contributed by atoms with Gasteiger partial charge in [-0.2, -0.15) is 0 Å². The highest BCUT2D eigenvalue weighted by atomic mass is 31.1. The highest BCUT2D eigenvalue weighted by Crippen LogP contribution is 2.33. The van der Waals surface area contributed by atoms with Gasteiger partial charge in [-0.15, -0.1) is 0 Å². The summed E-state index contributed by atoms with van der Waals surface area (Å²) >= 11 is 0. The van der Waals surface area contributed by atoms with Crippen LogP contribution in [0.2, 0.25) is 0 Å². The lowest BCUT2D eigenvalue weighted by Gasteiger charge is -2.20. The van der Waals surface area contributed by atoms with Gasteiger partial charge in [0, 0.05) is 0 Å². The molecule has 0 aliphatic rings. The quantitative estimate of drug-likeness (QED) is 0.111. The van der Waals surface area contributed by atoms with Crippen LogP contribution in [0.25, 0.3) is 36.5 Å². The molecule has 0 bridgehead atoms. The normalized spacial score (nSPS) is 12.3. The van der Waals surface area contributed by atoms with Gasteiger partial charge in [-0.3, -0.25) is 0 Å². The van der Waals surface area contributed by atoms with Crippen LogP contribution in [-0.2, 0) is 0 Å². The molecule has 0 spiro atoms. The fourth-order valence-electron chi connectivity index (χ4n) is 4.95. The first-order valence-electron chi connectivity index (χ1n) is 14.9. The van der Waals surface area contributed by atoms with Gasteiger partial charge in [-0.05, 0) is 93.6 Å². The fraction of sp³-hybridized carbons (Fsp3) is 0. The summed E-state index contributed by atoms with van der Waals surface area (Å²) in [4.78, 5) is 0. The smallest absolute Gasteiger partial charge is 0.123 e. The molecular weight excluding hydrogens is 592 g/mol.